The van der Waals surface area contributed by atoms with Crippen molar-refractivity contribution in [3.8, 4) is 0 Å². The lowest BCUT2D eigenvalue weighted by molar-refractivity contribution is -0.173. The molecule has 0 aromatic rings. The highest BCUT2D eigenvalue weighted by Gasteiger charge is 2.61. The normalized spacial score (nSPS) is 42.2. The second-order valence-corrected chi connectivity index (χ2v) is 6.24. The third kappa shape index (κ3) is 1.51. The third-order valence-electron chi connectivity index (χ3n) is 5.10. The molecule has 0 aromatic carbocycles. The molecule has 4 unspecified atom stereocenters. The fourth-order valence-corrected chi connectivity index (χ4v) is 3.84. The summed E-state index contributed by atoms with van der Waals surface area (Å²) in [7, 11) is 0. The maximum absolute atomic E-state index is 11.6. The van der Waals surface area contributed by atoms with Crippen molar-refractivity contribution in [2.75, 3.05) is 0 Å². The number of allylic oxidation sites excluding steroid dienone is 2. The van der Waals surface area contributed by atoms with Crippen LogP contribution in [0.5, 0.6) is 0 Å². The van der Waals surface area contributed by atoms with Crippen LogP contribution in [0.4, 0.5) is 0 Å². The molecule has 4 heteroatoms. The number of rotatable bonds is 3. The van der Waals surface area contributed by atoms with Gasteiger partial charge in [0.25, 0.3) is 0 Å². The van der Waals surface area contributed by atoms with E-state index in [1.807, 2.05) is 32.9 Å². The Kier molecular flexibility index (Phi) is 2.80. The molecule has 2 bridgehead atoms. The number of hydrogen-bond acceptors (Lipinski definition) is 2. The summed E-state index contributed by atoms with van der Waals surface area (Å²) in [6.07, 6.45) is 5.43. The van der Waals surface area contributed by atoms with Gasteiger partial charge >= 0.3 is 11.9 Å². The summed E-state index contributed by atoms with van der Waals surface area (Å²) in [4.78, 5) is 23.1. The Morgan fingerprint density at radius 1 is 1.11 bits per heavy atom. The Morgan fingerprint density at radius 3 is 2.00 bits per heavy atom. The van der Waals surface area contributed by atoms with Gasteiger partial charge in [0.15, 0.2) is 0 Å². The van der Waals surface area contributed by atoms with Crippen LogP contribution in [-0.4, -0.2) is 22.2 Å². The van der Waals surface area contributed by atoms with Crippen molar-refractivity contribution in [2.45, 2.75) is 33.6 Å². The molecule has 4 nitrogen and oxygen atoms in total. The van der Waals surface area contributed by atoms with Crippen LogP contribution in [0.25, 0.3) is 0 Å². The van der Waals surface area contributed by atoms with Crippen molar-refractivity contribution in [3.63, 3.8) is 0 Å². The first-order chi connectivity index (χ1) is 8.24. The first-order valence-corrected chi connectivity index (χ1v) is 6.40. The number of aliphatic carboxylic acids is 2. The minimum absolute atomic E-state index is 0.126. The van der Waals surface area contributed by atoms with Gasteiger partial charge in [0.1, 0.15) is 0 Å². The molecule has 2 N–H and O–H groups in total. The van der Waals surface area contributed by atoms with E-state index in [0.717, 1.165) is 12.8 Å². The van der Waals surface area contributed by atoms with Crippen LogP contribution in [0.1, 0.15) is 33.6 Å². The Hall–Kier alpha value is -1.32. The van der Waals surface area contributed by atoms with Crippen LogP contribution in [0.3, 0.4) is 0 Å². The summed E-state index contributed by atoms with van der Waals surface area (Å²) in [6, 6.07) is 0. The third-order valence-corrected chi connectivity index (χ3v) is 5.10. The number of carboxylic acid groups (broad SMARTS) is 2. The smallest absolute Gasteiger partial charge is 0.308 e. The second kappa shape index (κ2) is 3.84. The van der Waals surface area contributed by atoms with Crippen molar-refractivity contribution in [1.29, 1.82) is 0 Å². The fourth-order valence-electron chi connectivity index (χ4n) is 3.84. The minimum atomic E-state index is -0.987. The number of carboxylic acids is 2. The first kappa shape index (κ1) is 13.1. The molecule has 1 fully saturated rings. The highest BCUT2D eigenvalue weighted by atomic mass is 16.4. The molecule has 0 amide bonds. The van der Waals surface area contributed by atoms with E-state index in [1.54, 1.807) is 0 Å². The van der Waals surface area contributed by atoms with Crippen LogP contribution in [0.15, 0.2) is 12.2 Å². The Morgan fingerprint density at radius 2 is 1.67 bits per heavy atom. The zero-order valence-electron chi connectivity index (χ0n) is 11.0. The molecule has 4 atom stereocenters. The molecule has 0 saturated heterocycles. The van der Waals surface area contributed by atoms with Gasteiger partial charge in [-0.2, -0.15) is 0 Å². The molecule has 1 saturated carbocycles. The Balaban J connectivity index is 2.60. The lowest BCUT2D eigenvalue weighted by Crippen LogP contribution is -2.57. The minimum Gasteiger partial charge on any atom is -0.481 e. The Bertz CT molecular complexity index is 426. The van der Waals surface area contributed by atoms with Crippen LogP contribution in [0.2, 0.25) is 0 Å². The fraction of sp³-hybridized carbons (Fsp3) is 0.714. The van der Waals surface area contributed by atoms with E-state index >= 15 is 0 Å². The zero-order valence-corrected chi connectivity index (χ0v) is 11.0. The van der Waals surface area contributed by atoms with Crippen molar-refractivity contribution < 1.29 is 19.8 Å². The molecule has 0 heterocycles. The van der Waals surface area contributed by atoms with E-state index in [-0.39, 0.29) is 5.92 Å². The predicted octanol–water partition coefficient (Wildman–Crippen LogP) is 2.40. The van der Waals surface area contributed by atoms with Crippen LogP contribution < -0.4 is 0 Å². The number of fused-ring (bicyclic) bond motifs is 2. The summed E-state index contributed by atoms with van der Waals surface area (Å²) in [5, 5.41) is 19.0. The zero-order chi connectivity index (χ0) is 13.7. The van der Waals surface area contributed by atoms with E-state index in [9.17, 15) is 19.8 Å². The number of hydrogen-bond donors (Lipinski definition) is 2. The topological polar surface area (TPSA) is 74.6 Å². The van der Waals surface area contributed by atoms with Crippen molar-refractivity contribution in [2.24, 2.45) is 28.6 Å². The second-order valence-electron chi connectivity index (χ2n) is 6.24. The average Bonchev–Trinajstić information content (AvgIpc) is 2.27. The molecule has 0 aliphatic heterocycles. The van der Waals surface area contributed by atoms with E-state index in [0.29, 0.717) is 0 Å². The van der Waals surface area contributed by atoms with E-state index in [4.69, 9.17) is 0 Å². The van der Waals surface area contributed by atoms with E-state index < -0.39 is 34.6 Å². The summed E-state index contributed by atoms with van der Waals surface area (Å²) in [5.41, 5.74) is -1.03. The van der Waals surface area contributed by atoms with Gasteiger partial charge in [-0.05, 0) is 24.2 Å². The van der Waals surface area contributed by atoms with E-state index in [2.05, 4.69) is 0 Å². The van der Waals surface area contributed by atoms with Gasteiger partial charge in [-0.15, -0.1) is 0 Å². The van der Waals surface area contributed by atoms with Gasteiger partial charge in [-0.1, -0.05) is 32.9 Å². The molecule has 3 aliphatic carbocycles. The van der Waals surface area contributed by atoms with Crippen LogP contribution in [-0.2, 0) is 9.59 Å². The standard InChI is InChI=1S/C14H20O4/c1-8(2)14-6-4-13(3,5-7-14)9(11(15)16)10(14)12(17)18/h4,6,8-10H,5,7H2,1-3H3,(H,15,16)(H,17,18). The molecule has 0 aromatic heterocycles. The van der Waals surface area contributed by atoms with Gasteiger partial charge in [0.05, 0.1) is 11.8 Å². The molecular weight excluding hydrogens is 232 g/mol. The maximum atomic E-state index is 11.6. The van der Waals surface area contributed by atoms with Gasteiger partial charge in [0.2, 0.25) is 0 Å². The largest absolute Gasteiger partial charge is 0.481 e. The molecule has 3 aliphatic rings. The first-order valence-electron chi connectivity index (χ1n) is 6.40. The van der Waals surface area contributed by atoms with Crippen LogP contribution in [0, 0.1) is 28.6 Å². The predicted molar refractivity (Wildman–Crippen MR) is 66.0 cm³/mol. The highest BCUT2D eigenvalue weighted by Crippen LogP contribution is 2.61. The van der Waals surface area contributed by atoms with Crippen molar-refractivity contribution in [3.05, 3.63) is 12.2 Å². The molecular formula is C14H20O4. The molecule has 3 rings (SSSR count). The molecule has 100 valence electrons. The average molecular weight is 252 g/mol. The van der Waals surface area contributed by atoms with Gasteiger partial charge in [0, 0.05) is 5.41 Å². The SMILES string of the molecule is CC(C)C12C=CC(C)(CC1)C(C(=O)O)C2C(=O)O. The Labute approximate surface area is 107 Å². The van der Waals surface area contributed by atoms with Crippen molar-refractivity contribution in [1.82, 2.24) is 0 Å². The summed E-state index contributed by atoms with van der Waals surface area (Å²) >= 11 is 0. The summed E-state index contributed by atoms with van der Waals surface area (Å²) < 4.78 is 0. The molecule has 18 heavy (non-hydrogen) atoms. The molecule has 0 spiro atoms. The maximum Gasteiger partial charge on any atom is 0.308 e. The van der Waals surface area contributed by atoms with E-state index in [1.165, 1.54) is 0 Å². The molecule has 0 radical (unpaired) electrons. The highest BCUT2D eigenvalue weighted by molar-refractivity contribution is 5.83. The van der Waals surface area contributed by atoms with Crippen LogP contribution >= 0.6 is 0 Å². The quantitative estimate of drug-likeness (QED) is 0.756. The summed E-state index contributed by atoms with van der Waals surface area (Å²) in [6.45, 7) is 5.82. The number of carbonyl (C=O) groups is 2. The van der Waals surface area contributed by atoms with Gasteiger partial charge in [-0.25, -0.2) is 0 Å². The summed E-state index contributed by atoms with van der Waals surface area (Å²) in [5.74, 6) is -3.48. The lowest BCUT2D eigenvalue weighted by atomic mass is 9.46. The van der Waals surface area contributed by atoms with Crippen molar-refractivity contribution >= 4 is 11.9 Å². The van der Waals surface area contributed by atoms with Gasteiger partial charge in [-0.3, -0.25) is 9.59 Å². The van der Waals surface area contributed by atoms with Gasteiger partial charge < -0.3 is 10.2 Å². The lowest BCUT2D eigenvalue weighted by Gasteiger charge is -2.56. The monoisotopic (exact) mass is 252 g/mol.